The van der Waals surface area contributed by atoms with Crippen LogP contribution in [0.4, 0.5) is 0 Å². The zero-order valence-corrected chi connectivity index (χ0v) is 10.7. The minimum absolute atomic E-state index is 0.668. The molecule has 17 heavy (non-hydrogen) atoms. The van der Waals surface area contributed by atoms with Gasteiger partial charge in [-0.3, -0.25) is 4.98 Å². The monoisotopic (exact) mass is 233 g/mol. The highest BCUT2D eigenvalue weighted by atomic mass is 15.2. The summed E-state index contributed by atoms with van der Waals surface area (Å²) in [5, 5.41) is 3.60. The van der Waals surface area contributed by atoms with Crippen molar-refractivity contribution in [3.8, 4) is 0 Å². The van der Waals surface area contributed by atoms with Crippen LogP contribution in [0.2, 0.25) is 0 Å². The van der Waals surface area contributed by atoms with E-state index in [1.54, 1.807) is 0 Å². The fraction of sp³-hybridized carbons (Fsp3) is 0.643. The fourth-order valence-corrected chi connectivity index (χ4v) is 2.37. The van der Waals surface area contributed by atoms with Crippen LogP contribution in [0.1, 0.15) is 25.5 Å². The number of pyridine rings is 1. The first-order valence-electron chi connectivity index (χ1n) is 6.74. The van der Waals surface area contributed by atoms with Crippen molar-refractivity contribution >= 4 is 0 Å². The second kappa shape index (κ2) is 6.72. The van der Waals surface area contributed by atoms with Crippen LogP contribution < -0.4 is 5.32 Å². The zero-order chi connectivity index (χ0) is 11.9. The van der Waals surface area contributed by atoms with Gasteiger partial charge in [0.15, 0.2) is 0 Å². The van der Waals surface area contributed by atoms with Gasteiger partial charge in [0.25, 0.3) is 0 Å². The van der Waals surface area contributed by atoms with Crippen molar-refractivity contribution < 1.29 is 0 Å². The van der Waals surface area contributed by atoms with Crippen molar-refractivity contribution in [1.29, 1.82) is 0 Å². The number of hydrogen-bond donors (Lipinski definition) is 1. The minimum atomic E-state index is 0.668. The van der Waals surface area contributed by atoms with Crippen LogP contribution in [0.3, 0.4) is 0 Å². The molecule has 1 aromatic heterocycles. The molecular formula is C14H23N3. The van der Waals surface area contributed by atoms with Gasteiger partial charge in [-0.25, -0.2) is 0 Å². The van der Waals surface area contributed by atoms with Gasteiger partial charge in [0, 0.05) is 37.4 Å². The number of aromatic nitrogens is 1. The lowest BCUT2D eigenvalue weighted by molar-refractivity contribution is 0.268. The van der Waals surface area contributed by atoms with Gasteiger partial charge in [-0.15, -0.1) is 0 Å². The Hall–Kier alpha value is -0.930. The van der Waals surface area contributed by atoms with Crippen molar-refractivity contribution in [3.05, 3.63) is 30.1 Å². The predicted molar refractivity (Wildman–Crippen MR) is 71.1 cm³/mol. The molecule has 94 valence electrons. The highest BCUT2D eigenvalue weighted by Crippen LogP contribution is 2.05. The molecule has 3 heteroatoms. The summed E-state index contributed by atoms with van der Waals surface area (Å²) < 4.78 is 0. The van der Waals surface area contributed by atoms with E-state index in [1.165, 1.54) is 38.2 Å². The third-order valence-electron chi connectivity index (χ3n) is 3.47. The molecule has 1 unspecified atom stereocenters. The number of hydrogen-bond acceptors (Lipinski definition) is 3. The summed E-state index contributed by atoms with van der Waals surface area (Å²) in [5.41, 5.74) is 1.21. The summed E-state index contributed by atoms with van der Waals surface area (Å²) in [4.78, 5) is 6.96. The molecule has 2 heterocycles. The van der Waals surface area contributed by atoms with E-state index in [0.717, 1.165) is 13.0 Å². The molecule has 1 aliphatic rings. The first-order valence-corrected chi connectivity index (χ1v) is 6.74. The molecule has 0 radical (unpaired) electrons. The van der Waals surface area contributed by atoms with Gasteiger partial charge in [-0.05, 0) is 38.1 Å². The summed E-state index contributed by atoms with van der Waals surface area (Å²) in [7, 11) is 0. The van der Waals surface area contributed by atoms with Gasteiger partial charge in [0.1, 0.15) is 0 Å². The van der Waals surface area contributed by atoms with Crippen molar-refractivity contribution in [2.75, 3.05) is 26.2 Å². The number of nitrogens with zero attached hydrogens (tertiary/aromatic N) is 2. The summed E-state index contributed by atoms with van der Waals surface area (Å²) in [6.07, 6.45) is 5.43. The quantitative estimate of drug-likeness (QED) is 0.858. The van der Waals surface area contributed by atoms with E-state index in [0.29, 0.717) is 6.04 Å². The average Bonchev–Trinajstić information content (AvgIpc) is 2.62. The van der Waals surface area contributed by atoms with E-state index in [2.05, 4.69) is 34.3 Å². The molecule has 0 aromatic carbocycles. The van der Waals surface area contributed by atoms with E-state index in [1.807, 2.05) is 12.3 Å². The molecular weight excluding hydrogens is 210 g/mol. The molecule has 1 fully saturated rings. The van der Waals surface area contributed by atoms with E-state index in [-0.39, 0.29) is 0 Å². The second-order valence-electron chi connectivity index (χ2n) is 4.78. The Morgan fingerprint density at radius 3 is 3.18 bits per heavy atom. The van der Waals surface area contributed by atoms with Gasteiger partial charge in [-0.1, -0.05) is 13.0 Å². The van der Waals surface area contributed by atoms with Gasteiger partial charge >= 0.3 is 0 Å². The second-order valence-corrected chi connectivity index (χ2v) is 4.78. The molecule has 0 bridgehead atoms. The standard InChI is InChI=1S/C14H23N3/c1-2-13-12-17(10-5-9-15-13)11-7-14-6-3-4-8-16-14/h3-4,6,8,13,15H,2,5,7,9-12H2,1H3. The number of nitrogens with one attached hydrogen (secondary N) is 1. The molecule has 0 saturated carbocycles. The number of rotatable bonds is 4. The molecule has 0 aliphatic carbocycles. The summed E-state index contributed by atoms with van der Waals surface area (Å²) in [5.74, 6) is 0. The Kier molecular flexibility index (Phi) is 4.95. The molecule has 1 atom stereocenters. The zero-order valence-electron chi connectivity index (χ0n) is 10.7. The summed E-state index contributed by atoms with van der Waals surface area (Å²) in [6, 6.07) is 6.84. The Morgan fingerprint density at radius 2 is 2.41 bits per heavy atom. The van der Waals surface area contributed by atoms with Crippen LogP contribution in [0.15, 0.2) is 24.4 Å². The van der Waals surface area contributed by atoms with Crippen molar-refractivity contribution in [3.63, 3.8) is 0 Å². The largest absolute Gasteiger partial charge is 0.313 e. The van der Waals surface area contributed by atoms with E-state index in [9.17, 15) is 0 Å². The maximum absolute atomic E-state index is 4.38. The molecule has 0 amide bonds. The van der Waals surface area contributed by atoms with Gasteiger partial charge < -0.3 is 10.2 Å². The van der Waals surface area contributed by atoms with E-state index >= 15 is 0 Å². The lowest BCUT2D eigenvalue weighted by atomic mass is 10.2. The van der Waals surface area contributed by atoms with Crippen LogP contribution in [-0.2, 0) is 6.42 Å². The maximum atomic E-state index is 4.38. The van der Waals surface area contributed by atoms with Crippen LogP contribution >= 0.6 is 0 Å². The fourth-order valence-electron chi connectivity index (χ4n) is 2.37. The molecule has 1 aromatic rings. The third-order valence-corrected chi connectivity index (χ3v) is 3.47. The van der Waals surface area contributed by atoms with Crippen LogP contribution in [0.25, 0.3) is 0 Å². The Labute approximate surface area is 104 Å². The van der Waals surface area contributed by atoms with Crippen LogP contribution in [0, 0.1) is 0 Å². The first kappa shape index (κ1) is 12.5. The van der Waals surface area contributed by atoms with Gasteiger partial charge in [-0.2, -0.15) is 0 Å². The van der Waals surface area contributed by atoms with Gasteiger partial charge in [0.05, 0.1) is 0 Å². The van der Waals surface area contributed by atoms with Gasteiger partial charge in [0.2, 0.25) is 0 Å². The molecule has 2 rings (SSSR count). The van der Waals surface area contributed by atoms with Crippen molar-refractivity contribution in [2.24, 2.45) is 0 Å². The lowest BCUT2D eigenvalue weighted by Gasteiger charge is -2.23. The third kappa shape index (κ3) is 4.10. The molecule has 1 aliphatic heterocycles. The molecule has 1 N–H and O–H groups in total. The Balaban J connectivity index is 1.81. The smallest absolute Gasteiger partial charge is 0.0416 e. The van der Waals surface area contributed by atoms with E-state index < -0.39 is 0 Å². The summed E-state index contributed by atoms with van der Waals surface area (Å²) in [6.45, 7) is 6.97. The Morgan fingerprint density at radius 1 is 1.47 bits per heavy atom. The predicted octanol–water partition coefficient (Wildman–Crippen LogP) is 1.70. The van der Waals surface area contributed by atoms with Crippen molar-refractivity contribution in [2.45, 2.75) is 32.2 Å². The van der Waals surface area contributed by atoms with Crippen LogP contribution in [0.5, 0.6) is 0 Å². The highest BCUT2D eigenvalue weighted by Gasteiger charge is 2.15. The Bertz CT molecular complexity index is 313. The topological polar surface area (TPSA) is 28.2 Å². The molecule has 1 saturated heterocycles. The first-order chi connectivity index (χ1) is 8.38. The average molecular weight is 233 g/mol. The normalized spacial score (nSPS) is 22.3. The molecule has 3 nitrogen and oxygen atoms in total. The summed E-state index contributed by atoms with van der Waals surface area (Å²) >= 11 is 0. The molecule has 0 spiro atoms. The van der Waals surface area contributed by atoms with E-state index in [4.69, 9.17) is 0 Å². The SMILES string of the molecule is CCC1CN(CCc2ccccn2)CCCN1. The lowest BCUT2D eigenvalue weighted by Crippen LogP contribution is -2.38. The van der Waals surface area contributed by atoms with Crippen molar-refractivity contribution in [1.82, 2.24) is 15.2 Å². The minimum Gasteiger partial charge on any atom is -0.313 e. The maximum Gasteiger partial charge on any atom is 0.0416 e. The van der Waals surface area contributed by atoms with Crippen LogP contribution in [-0.4, -0.2) is 42.1 Å². The highest BCUT2D eigenvalue weighted by molar-refractivity contribution is 5.03.